The van der Waals surface area contributed by atoms with Crippen LogP contribution < -0.4 is 16.4 Å². The molecule has 0 aliphatic rings. The van der Waals surface area contributed by atoms with E-state index < -0.39 is 30.1 Å². The zero-order valence-corrected chi connectivity index (χ0v) is 9.47. The molecule has 0 bridgehead atoms. The van der Waals surface area contributed by atoms with Gasteiger partial charge in [0, 0.05) is 25.4 Å². The number of carboxylic acid groups (broad SMARTS) is 1. The number of primary amides is 1. The molecule has 6 N–H and O–H groups in total. The van der Waals surface area contributed by atoms with Crippen LogP contribution in [-0.4, -0.2) is 46.8 Å². The summed E-state index contributed by atoms with van der Waals surface area (Å²) in [6, 6.07) is -0.951. The third kappa shape index (κ3) is 8.03. The first-order chi connectivity index (χ1) is 7.82. The number of carbonyl (C=O) groups excluding carboxylic acids is 2. The van der Waals surface area contributed by atoms with E-state index in [0.717, 1.165) is 0 Å². The van der Waals surface area contributed by atoms with Crippen molar-refractivity contribution in [1.29, 1.82) is 0 Å². The topological polar surface area (TPSA) is 142 Å². The second-order valence-corrected chi connectivity index (χ2v) is 3.61. The summed E-state index contributed by atoms with van der Waals surface area (Å²) in [5.41, 5.74) is 4.93. The SMILES string of the molecule is CC(CC(N)=O)NC(=O)NCC[C@H](O)C(=O)O. The third-order valence-corrected chi connectivity index (χ3v) is 1.87. The van der Waals surface area contributed by atoms with Gasteiger partial charge >= 0.3 is 12.0 Å². The number of carboxylic acids is 1. The van der Waals surface area contributed by atoms with Crippen molar-refractivity contribution in [1.82, 2.24) is 10.6 Å². The van der Waals surface area contributed by atoms with Crippen LogP contribution in [-0.2, 0) is 9.59 Å². The average molecular weight is 247 g/mol. The summed E-state index contributed by atoms with van der Waals surface area (Å²) in [7, 11) is 0. The molecule has 0 radical (unpaired) electrons. The van der Waals surface area contributed by atoms with Crippen molar-refractivity contribution < 1.29 is 24.6 Å². The molecule has 8 nitrogen and oxygen atoms in total. The Balaban J connectivity index is 3.73. The molecule has 0 aromatic heterocycles. The maximum Gasteiger partial charge on any atom is 0.332 e. The van der Waals surface area contributed by atoms with Crippen LogP contribution in [0.25, 0.3) is 0 Å². The molecule has 0 aliphatic heterocycles. The highest BCUT2D eigenvalue weighted by Gasteiger charge is 2.13. The summed E-state index contributed by atoms with van der Waals surface area (Å²) >= 11 is 0. The minimum atomic E-state index is -1.50. The molecule has 1 unspecified atom stereocenters. The molecular weight excluding hydrogens is 230 g/mol. The Morgan fingerprint density at radius 1 is 1.35 bits per heavy atom. The molecule has 0 saturated carbocycles. The first kappa shape index (κ1) is 15.2. The fourth-order valence-electron chi connectivity index (χ4n) is 1.07. The zero-order valence-electron chi connectivity index (χ0n) is 9.47. The first-order valence-electron chi connectivity index (χ1n) is 5.06. The number of aliphatic hydroxyl groups is 1. The van der Waals surface area contributed by atoms with E-state index in [1.165, 1.54) is 0 Å². The van der Waals surface area contributed by atoms with Crippen molar-refractivity contribution in [3.63, 3.8) is 0 Å². The Hall–Kier alpha value is -1.83. The second-order valence-electron chi connectivity index (χ2n) is 3.61. The van der Waals surface area contributed by atoms with Gasteiger partial charge in [-0.1, -0.05) is 0 Å². The number of carbonyl (C=O) groups is 3. The summed E-state index contributed by atoms with van der Waals surface area (Å²) in [5, 5.41) is 22.1. The molecule has 0 spiro atoms. The van der Waals surface area contributed by atoms with Crippen LogP contribution in [0.5, 0.6) is 0 Å². The van der Waals surface area contributed by atoms with E-state index >= 15 is 0 Å². The van der Waals surface area contributed by atoms with Gasteiger partial charge in [-0.25, -0.2) is 9.59 Å². The molecule has 2 atom stereocenters. The highest BCUT2D eigenvalue weighted by Crippen LogP contribution is 1.91. The fraction of sp³-hybridized carbons (Fsp3) is 0.667. The van der Waals surface area contributed by atoms with E-state index in [0.29, 0.717) is 0 Å². The lowest BCUT2D eigenvalue weighted by molar-refractivity contribution is -0.146. The van der Waals surface area contributed by atoms with E-state index in [-0.39, 0.29) is 19.4 Å². The Morgan fingerprint density at radius 2 is 1.94 bits per heavy atom. The van der Waals surface area contributed by atoms with Gasteiger partial charge in [0.2, 0.25) is 5.91 Å². The van der Waals surface area contributed by atoms with Gasteiger partial charge in [-0.15, -0.1) is 0 Å². The standard InChI is InChI=1S/C9H17N3O5/c1-5(4-7(10)14)12-9(17)11-3-2-6(13)8(15)16/h5-6,13H,2-4H2,1H3,(H2,10,14)(H,15,16)(H2,11,12,17)/t5?,6-/m0/s1. The number of amides is 3. The number of nitrogens with two attached hydrogens (primary N) is 1. The van der Waals surface area contributed by atoms with Crippen LogP contribution >= 0.6 is 0 Å². The van der Waals surface area contributed by atoms with Gasteiger partial charge < -0.3 is 26.6 Å². The first-order valence-corrected chi connectivity index (χ1v) is 5.06. The van der Waals surface area contributed by atoms with Gasteiger partial charge in [0.05, 0.1) is 0 Å². The summed E-state index contributed by atoms with van der Waals surface area (Å²) in [6.07, 6.45) is -1.57. The number of aliphatic hydroxyl groups excluding tert-OH is 1. The lowest BCUT2D eigenvalue weighted by Gasteiger charge is -2.13. The van der Waals surface area contributed by atoms with Crippen LogP contribution in [0.4, 0.5) is 4.79 Å². The van der Waals surface area contributed by atoms with Crippen LogP contribution in [0.1, 0.15) is 19.8 Å². The molecule has 0 aromatic rings. The molecule has 98 valence electrons. The predicted octanol–water partition coefficient (Wildman–Crippen LogP) is -1.61. The number of rotatable bonds is 7. The predicted molar refractivity (Wildman–Crippen MR) is 58.1 cm³/mol. The Morgan fingerprint density at radius 3 is 2.41 bits per heavy atom. The molecule has 0 aliphatic carbocycles. The minimum absolute atomic E-state index is 0.0165. The highest BCUT2D eigenvalue weighted by atomic mass is 16.4. The third-order valence-electron chi connectivity index (χ3n) is 1.87. The van der Waals surface area contributed by atoms with E-state index in [1.807, 2.05) is 0 Å². The number of nitrogens with one attached hydrogen (secondary N) is 2. The Kier molecular flexibility index (Phi) is 6.64. The van der Waals surface area contributed by atoms with E-state index in [2.05, 4.69) is 10.6 Å². The average Bonchev–Trinajstić information content (AvgIpc) is 2.15. The monoisotopic (exact) mass is 247 g/mol. The van der Waals surface area contributed by atoms with Crippen molar-refractivity contribution in [2.75, 3.05) is 6.54 Å². The number of aliphatic carboxylic acids is 1. The van der Waals surface area contributed by atoms with E-state index in [1.54, 1.807) is 6.92 Å². The van der Waals surface area contributed by atoms with E-state index in [4.69, 9.17) is 15.9 Å². The maximum atomic E-state index is 11.2. The molecule has 0 heterocycles. The second kappa shape index (κ2) is 7.44. The van der Waals surface area contributed by atoms with Crippen LogP contribution in [0, 0.1) is 0 Å². The van der Waals surface area contributed by atoms with Crippen molar-refractivity contribution >= 4 is 17.9 Å². The molecule has 0 aromatic carbocycles. The maximum absolute atomic E-state index is 11.2. The van der Waals surface area contributed by atoms with Gasteiger partial charge in [0.25, 0.3) is 0 Å². The summed E-state index contributed by atoms with van der Waals surface area (Å²) < 4.78 is 0. The summed E-state index contributed by atoms with van der Waals surface area (Å²) in [4.78, 5) is 31.9. The highest BCUT2D eigenvalue weighted by molar-refractivity contribution is 5.77. The number of urea groups is 1. The Bertz CT molecular complexity index is 294. The quantitative estimate of drug-likeness (QED) is 0.367. The number of hydrogen-bond acceptors (Lipinski definition) is 4. The van der Waals surface area contributed by atoms with Crippen LogP contribution in [0.15, 0.2) is 0 Å². The lowest BCUT2D eigenvalue weighted by atomic mass is 10.2. The fourth-order valence-corrected chi connectivity index (χ4v) is 1.07. The zero-order chi connectivity index (χ0) is 13.4. The van der Waals surface area contributed by atoms with Crippen molar-refractivity contribution in [2.45, 2.75) is 31.9 Å². The minimum Gasteiger partial charge on any atom is -0.479 e. The van der Waals surface area contributed by atoms with Gasteiger partial charge in [0.15, 0.2) is 6.10 Å². The van der Waals surface area contributed by atoms with Crippen LogP contribution in [0.2, 0.25) is 0 Å². The molecule has 0 saturated heterocycles. The summed E-state index contributed by atoms with van der Waals surface area (Å²) in [6.45, 7) is 1.62. The van der Waals surface area contributed by atoms with Gasteiger partial charge in [0.1, 0.15) is 0 Å². The lowest BCUT2D eigenvalue weighted by Crippen LogP contribution is -2.43. The summed E-state index contributed by atoms with van der Waals surface area (Å²) in [5.74, 6) is -1.87. The molecule has 3 amide bonds. The van der Waals surface area contributed by atoms with Crippen LogP contribution in [0.3, 0.4) is 0 Å². The molecular formula is C9H17N3O5. The normalized spacial score (nSPS) is 13.5. The molecule has 8 heteroatoms. The largest absolute Gasteiger partial charge is 0.479 e. The molecule has 17 heavy (non-hydrogen) atoms. The number of hydrogen-bond donors (Lipinski definition) is 5. The van der Waals surface area contributed by atoms with Gasteiger partial charge in [-0.3, -0.25) is 4.79 Å². The van der Waals surface area contributed by atoms with Crippen molar-refractivity contribution in [3.05, 3.63) is 0 Å². The smallest absolute Gasteiger partial charge is 0.332 e. The van der Waals surface area contributed by atoms with E-state index in [9.17, 15) is 14.4 Å². The van der Waals surface area contributed by atoms with Crippen molar-refractivity contribution in [2.24, 2.45) is 5.73 Å². The van der Waals surface area contributed by atoms with Gasteiger partial charge in [-0.05, 0) is 6.92 Å². The Labute approximate surface area is 98.2 Å². The molecule has 0 fully saturated rings. The molecule has 0 rings (SSSR count). The van der Waals surface area contributed by atoms with Crippen molar-refractivity contribution in [3.8, 4) is 0 Å². The van der Waals surface area contributed by atoms with Gasteiger partial charge in [-0.2, -0.15) is 0 Å².